The molecular weight excluding hydrogens is 584 g/mol. The summed E-state index contributed by atoms with van der Waals surface area (Å²) in [5.74, 6) is -0.884. The van der Waals surface area contributed by atoms with Crippen molar-refractivity contribution in [2.24, 2.45) is 5.92 Å². The highest BCUT2D eigenvalue weighted by Gasteiger charge is 2.66. The van der Waals surface area contributed by atoms with Crippen LogP contribution in [0.1, 0.15) is 57.2 Å². The molecule has 8 nitrogen and oxygen atoms in total. The Morgan fingerprint density at radius 2 is 1.70 bits per heavy atom. The van der Waals surface area contributed by atoms with Crippen LogP contribution in [0.5, 0.6) is 0 Å². The molecule has 10 heteroatoms. The number of aryl methyl sites for hydroxylation is 2. The summed E-state index contributed by atoms with van der Waals surface area (Å²) in [6.45, 7) is 8.18. The maximum Gasteiger partial charge on any atom is 0.297 e. The van der Waals surface area contributed by atoms with E-state index in [1.54, 1.807) is 41.3 Å². The van der Waals surface area contributed by atoms with Crippen molar-refractivity contribution in [1.29, 1.82) is 0 Å². The van der Waals surface area contributed by atoms with Gasteiger partial charge in [0.25, 0.3) is 11.8 Å². The lowest BCUT2D eigenvalue weighted by atomic mass is 9.84. The Labute approximate surface area is 256 Å². The highest BCUT2D eigenvalue weighted by Crippen LogP contribution is 2.54. The Balaban J connectivity index is 1.53. The number of halogens is 1. The minimum atomic E-state index is -1.82. The zero-order valence-corrected chi connectivity index (χ0v) is 25.5. The largest absolute Gasteiger partial charge is 0.450 e. The minimum Gasteiger partial charge on any atom is -0.450 e. The Bertz CT molecular complexity index is 2030. The van der Waals surface area contributed by atoms with Gasteiger partial charge in [-0.25, -0.2) is 0 Å². The van der Waals surface area contributed by atoms with Gasteiger partial charge >= 0.3 is 0 Å². The number of carbonyl (C=O) groups is 2. The summed E-state index contributed by atoms with van der Waals surface area (Å²) in [5.41, 5.74) is 1.84. The number of benzene rings is 3. The van der Waals surface area contributed by atoms with Gasteiger partial charge in [0.2, 0.25) is 10.9 Å². The van der Waals surface area contributed by atoms with E-state index in [-0.39, 0.29) is 23.0 Å². The smallest absolute Gasteiger partial charge is 0.297 e. The first-order valence-corrected chi connectivity index (χ1v) is 15.2. The van der Waals surface area contributed by atoms with Crippen molar-refractivity contribution < 1.29 is 14.0 Å². The van der Waals surface area contributed by atoms with Gasteiger partial charge in [0, 0.05) is 17.0 Å². The van der Waals surface area contributed by atoms with Gasteiger partial charge in [-0.3, -0.25) is 19.3 Å². The van der Waals surface area contributed by atoms with Crippen molar-refractivity contribution in [2.45, 2.75) is 46.2 Å². The SMILES string of the molecule is Cc1cc2oc3c(c(=O)c2cc1C)C1(C(=O)N(Cc2ccc(Cl)cc2)c2ccccc21)N(c1nnc(CC(C)C)s1)C3=O. The Morgan fingerprint density at radius 1 is 0.977 bits per heavy atom. The second-order valence-electron chi connectivity index (χ2n) is 11.5. The molecule has 0 saturated carbocycles. The predicted molar refractivity (Wildman–Crippen MR) is 167 cm³/mol. The van der Waals surface area contributed by atoms with Crippen molar-refractivity contribution in [3.8, 4) is 0 Å². The number of hydrogen-bond donors (Lipinski definition) is 0. The quantitative estimate of drug-likeness (QED) is 0.223. The number of amides is 2. The third kappa shape index (κ3) is 3.98. The molecule has 2 aliphatic rings. The number of anilines is 2. The lowest BCUT2D eigenvalue weighted by molar-refractivity contribution is -0.121. The maximum atomic E-state index is 15.0. The van der Waals surface area contributed by atoms with Gasteiger partial charge in [0.1, 0.15) is 10.6 Å². The fraction of sp³-hybridized carbons (Fsp3) is 0.242. The van der Waals surface area contributed by atoms with E-state index in [2.05, 4.69) is 24.0 Å². The molecule has 43 heavy (non-hydrogen) atoms. The lowest BCUT2D eigenvalue weighted by Gasteiger charge is -2.32. The summed E-state index contributed by atoms with van der Waals surface area (Å²) in [6, 6.07) is 18.0. The molecule has 0 N–H and O–H groups in total. The Kier molecular flexibility index (Phi) is 6.30. The van der Waals surface area contributed by atoms with E-state index in [0.717, 1.165) is 21.7 Å². The van der Waals surface area contributed by atoms with Gasteiger partial charge in [0.15, 0.2) is 11.0 Å². The van der Waals surface area contributed by atoms with Crippen LogP contribution in [0.15, 0.2) is 69.9 Å². The standard InChI is InChI=1S/C33H27ClN4O4S/c1-17(2)13-26-35-36-32(43-26)38-30(40)29-27(28(39)22-14-18(3)19(4)15-25(22)42-29)33(38)23-7-5-6-8-24(23)37(31(33)41)16-20-9-11-21(34)12-10-20/h5-12,14-15,17H,13,16H2,1-4H3. The van der Waals surface area contributed by atoms with Gasteiger partial charge in [-0.1, -0.05) is 67.1 Å². The van der Waals surface area contributed by atoms with E-state index in [1.807, 2.05) is 38.1 Å². The number of aromatic nitrogens is 2. The van der Waals surface area contributed by atoms with Crippen molar-refractivity contribution in [3.05, 3.63) is 114 Å². The number of nitrogens with zero attached hydrogens (tertiary/aromatic N) is 4. The Hall–Kier alpha value is -4.34. The third-order valence-electron chi connectivity index (χ3n) is 8.22. The van der Waals surface area contributed by atoms with E-state index in [9.17, 15) is 9.59 Å². The summed E-state index contributed by atoms with van der Waals surface area (Å²) in [7, 11) is 0. The van der Waals surface area contributed by atoms with Gasteiger partial charge < -0.3 is 9.32 Å². The van der Waals surface area contributed by atoms with Crippen molar-refractivity contribution in [1.82, 2.24) is 10.2 Å². The van der Waals surface area contributed by atoms with E-state index >= 15 is 4.79 Å². The summed E-state index contributed by atoms with van der Waals surface area (Å²) >= 11 is 7.38. The van der Waals surface area contributed by atoms with Gasteiger partial charge in [-0.15, -0.1) is 10.2 Å². The first kappa shape index (κ1) is 27.5. The van der Waals surface area contributed by atoms with Crippen LogP contribution >= 0.6 is 22.9 Å². The number of carbonyl (C=O) groups excluding carboxylic acids is 2. The molecule has 3 aromatic carbocycles. The average Bonchev–Trinajstić information content (AvgIpc) is 3.60. The zero-order chi connectivity index (χ0) is 30.2. The van der Waals surface area contributed by atoms with Gasteiger partial charge in [0.05, 0.1) is 23.2 Å². The second-order valence-corrected chi connectivity index (χ2v) is 13.0. The molecule has 5 aromatic rings. The first-order valence-electron chi connectivity index (χ1n) is 14.0. The second kappa shape index (κ2) is 9.86. The topological polar surface area (TPSA) is 96.6 Å². The van der Waals surface area contributed by atoms with Crippen LogP contribution in [0.25, 0.3) is 11.0 Å². The fourth-order valence-corrected chi connectivity index (χ4v) is 7.34. The number of fused-ring (bicyclic) bond motifs is 5. The molecule has 2 aromatic heterocycles. The Morgan fingerprint density at radius 3 is 2.44 bits per heavy atom. The molecule has 0 bridgehead atoms. The van der Waals surface area contributed by atoms with E-state index in [0.29, 0.717) is 39.6 Å². The highest BCUT2D eigenvalue weighted by molar-refractivity contribution is 7.15. The molecule has 1 unspecified atom stereocenters. The number of para-hydroxylation sites is 1. The zero-order valence-electron chi connectivity index (χ0n) is 24.0. The van der Waals surface area contributed by atoms with E-state index in [4.69, 9.17) is 16.0 Å². The van der Waals surface area contributed by atoms with Crippen molar-refractivity contribution in [3.63, 3.8) is 0 Å². The lowest BCUT2D eigenvalue weighted by Crippen LogP contribution is -2.53. The molecule has 216 valence electrons. The average molecular weight is 611 g/mol. The molecular formula is C33H27ClN4O4S. The first-order chi connectivity index (χ1) is 20.6. The molecule has 2 aliphatic heterocycles. The highest BCUT2D eigenvalue weighted by atomic mass is 35.5. The van der Waals surface area contributed by atoms with Gasteiger partial charge in [-0.2, -0.15) is 0 Å². The molecule has 1 atom stereocenters. The normalized spacial score (nSPS) is 17.5. The molecule has 0 radical (unpaired) electrons. The molecule has 0 fully saturated rings. The van der Waals surface area contributed by atoms with Crippen LogP contribution < -0.4 is 15.2 Å². The predicted octanol–water partition coefficient (Wildman–Crippen LogP) is 6.56. The third-order valence-corrected chi connectivity index (χ3v) is 9.41. The van der Waals surface area contributed by atoms with Gasteiger partial charge in [-0.05, 0) is 66.8 Å². The van der Waals surface area contributed by atoms with Crippen molar-refractivity contribution in [2.75, 3.05) is 9.80 Å². The number of rotatable bonds is 5. The van der Waals surface area contributed by atoms with Crippen molar-refractivity contribution >= 4 is 56.5 Å². The molecule has 1 spiro atoms. The minimum absolute atomic E-state index is 0.00455. The van der Waals surface area contributed by atoms with Crippen LogP contribution in [0.4, 0.5) is 10.8 Å². The van der Waals surface area contributed by atoms with Crippen LogP contribution in [0.2, 0.25) is 5.02 Å². The summed E-state index contributed by atoms with van der Waals surface area (Å²) in [4.78, 5) is 46.9. The van der Waals surface area contributed by atoms with Crippen LogP contribution in [-0.4, -0.2) is 22.0 Å². The van der Waals surface area contributed by atoms with Crippen LogP contribution in [-0.2, 0) is 23.3 Å². The summed E-state index contributed by atoms with van der Waals surface area (Å²) in [6.07, 6.45) is 0.659. The number of hydrogen-bond acceptors (Lipinski definition) is 7. The van der Waals surface area contributed by atoms with Crippen LogP contribution in [0.3, 0.4) is 0 Å². The summed E-state index contributed by atoms with van der Waals surface area (Å²) < 4.78 is 6.25. The maximum absolute atomic E-state index is 15.0. The van der Waals surface area contributed by atoms with E-state index in [1.165, 1.54) is 16.2 Å². The molecule has 4 heterocycles. The summed E-state index contributed by atoms with van der Waals surface area (Å²) in [5, 5.41) is 10.6. The molecule has 2 amide bonds. The van der Waals surface area contributed by atoms with Crippen LogP contribution in [0, 0.1) is 19.8 Å². The monoisotopic (exact) mass is 610 g/mol. The molecule has 0 saturated heterocycles. The molecule has 0 aliphatic carbocycles. The van der Waals surface area contributed by atoms with E-state index < -0.39 is 22.8 Å². The fourth-order valence-electron chi connectivity index (χ4n) is 6.11. The molecule has 7 rings (SSSR count).